The summed E-state index contributed by atoms with van der Waals surface area (Å²) in [6.45, 7) is 0.898. The van der Waals surface area contributed by atoms with Crippen LogP contribution in [0.25, 0.3) is 0 Å². The zero-order chi connectivity index (χ0) is 13.9. The molecular formula is C11H16N4O4. The summed E-state index contributed by atoms with van der Waals surface area (Å²) < 4.78 is 5.11. The zero-order valence-electron chi connectivity index (χ0n) is 10.3. The van der Waals surface area contributed by atoms with Gasteiger partial charge in [0.25, 0.3) is 0 Å². The molecule has 1 fully saturated rings. The number of rotatable bonds is 5. The van der Waals surface area contributed by atoms with Gasteiger partial charge in [-0.05, 0) is 12.1 Å². The highest BCUT2D eigenvalue weighted by molar-refractivity contribution is 5.75. The molecular weight excluding hydrogens is 252 g/mol. The minimum Gasteiger partial charge on any atom is -0.386 e. The number of nitrogens with zero attached hydrogens (tertiary/aromatic N) is 1. The fourth-order valence-electron chi connectivity index (χ4n) is 1.99. The highest BCUT2D eigenvalue weighted by Gasteiger charge is 2.32. The third-order valence-corrected chi connectivity index (χ3v) is 3.06. The van der Waals surface area contributed by atoms with Gasteiger partial charge in [-0.2, -0.15) is 0 Å². The van der Waals surface area contributed by atoms with E-state index in [4.69, 9.17) is 10.6 Å². The number of benzene rings is 1. The van der Waals surface area contributed by atoms with Crippen molar-refractivity contribution in [3.8, 4) is 0 Å². The summed E-state index contributed by atoms with van der Waals surface area (Å²) in [6.07, 6.45) is 0.503. The average molecular weight is 268 g/mol. The largest absolute Gasteiger partial charge is 0.386 e. The molecule has 0 radical (unpaired) electrons. The molecule has 0 aromatic heterocycles. The van der Waals surface area contributed by atoms with Crippen molar-refractivity contribution < 1.29 is 14.8 Å². The van der Waals surface area contributed by atoms with Crippen LogP contribution < -0.4 is 16.6 Å². The van der Waals surface area contributed by atoms with Crippen LogP contribution in [0.1, 0.15) is 6.42 Å². The number of nitrogens with two attached hydrogens (primary N) is 1. The second-order valence-corrected chi connectivity index (χ2v) is 4.48. The van der Waals surface area contributed by atoms with Crippen LogP contribution in [-0.4, -0.2) is 35.4 Å². The molecule has 0 spiro atoms. The first-order valence-corrected chi connectivity index (χ1v) is 5.84. The fraction of sp³-hybridized carbons (Fsp3) is 0.455. The summed E-state index contributed by atoms with van der Waals surface area (Å²) >= 11 is 0. The van der Waals surface area contributed by atoms with Gasteiger partial charge in [-0.15, -0.1) is 0 Å². The normalized spacial score (nSPS) is 22.2. The van der Waals surface area contributed by atoms with Crippen LogP contribution >= 0.6 is 0 Å². The lowest BCUT2D eigenvalue weighted by molar-refractivity contribution is -0.383. The molecule has 1 aromatic rings. The van der Waals surface area contributed by atoms with E-state index in [0.29, 0.717) is 18.7 Å². The standard InChI is InChI=1S/C11H16N4O4/c12-14-9-3-1-2-8(10(9)15(17)18)13-6-11(16)4-5-19-7-11/h1-3,13-14,16H,4-7,12H2. The maximum Gasteiger partial charge on any atom is 0.316 e. The summed E-state index contributed by atoms with van der Waals surface area (Å²) in [5.41, 5.74) is 1.67. The Kier molecular flexibility index (Phi) is 3.84. The van der Waals surface area contributed by atoms with E-state index in [0.717, 1.165) is 0 Å². The molecule has 1 atom stereocenters. The number of para-hydroxylation sites is 1. The lowest BCUT2D eigenvalue weighted by Gasteiger charge is -2.21. The number of aliphatic hydroxyl groups is 1. The van der Waals surface area contributed by atoms with Crippen LogP contribution in [0.3, 0.4) is 0 Å². The predicted molar refractivity (Wildman–Crippen MR) is 69.8 cm³/mol. The first kappa shape index (κ1) is 13.5. The smallest absolute Gasteiger partial charge is 0.316 e. The molecule has 0 bridgehead atoms. The molecule has 1 saturated heterocycles. The monoisotopic (exact) mass is 268 g/mol. The van der Waals surface area contributed by atoms with Crippen LogP contribution in [0.5, 0.6) is 0 Å². The summed E-state index contributed by atoms with van der Waals surface area (Å²) in [5.74, 6) is 5.25. The van der Waals surface area contributed by atoms with Crippen molar-refractivity contribution in [1.82, 2.24) is 0 Å². The first-order valence-electron chi connectivity index (χ1n) is 5.84. The third kappa shape index (κ3) is 2.92. The number of nitro groups is 1. The van der Waals surface area contributed by atoms with Gasteiger partial charge in [-0.25, -0.2) is 0 Å². The average Bonchev–Trinajstić information content (AvgIpc) is 2.83. The SMILES string of the molecule is NNc1cccc(NCC2(O)CCOC2)c1[N+](=O)[O-]. The molecule has 5 N–H and O–H groups in total. The fourth-order valence-corrected chi connectivity index (χ4v) is 1.99. The van der Waals surface area contributed by atoms with E-state index in [9.17, 15) is 15.2 Å². The summed E-state index contributed by atoms with van der Waals surface area (Å²) in [6, 6.07) is 4.72. The number of nitrogens with one attached hydrogen (secondary N) is 2. The van der Waals surface area contributed by atoms with Gasteiger partial charge in [0.15, 0.2) is 0 Å². The Balaban J connectivity index is 2.17. The quantitative estimate of drug-likeness (QED) is 0.347. The maximum atomic E-state index is 11.1. The molecule has 104 valence electrons. The third-order valence-electron chi connectivity index (χ3n) is 3.06. The van der Waals surface area contributed by atoms with Gasteiger partial charge >= 0.3 is 5.69 Å². The topological polar surface area (TPSA) is 123 Å². The lowest BCUT2D eigenvalue weighted by Crippen LogP contribution is -2.37. The number of hydrazine groups is 1. The first-order chi connectivity index (χ1) is 9.06. The van der Waals surface area contributed by atoms with Gasteiger partial charge in [-0.1, -0.05) is 6.07 Å². The van der Waals surface area contributed by atoms with Crippen LogP contribution in [0, 0.1) is 10.1 Å². The van der Waals surface area contributed by atoms with E-state index >= 15 is 0 Å². The van der Waals surface area contributed by atoms with Gasteiger partial charge < -0.3 is 20.6 Å². The Bertz CT molecular complexity index is 474. The second-order valence-electron chi connectivity index (χ2n) is 4.48. The number of hydrogen-bond donors (Lipinski definition) is 4. The number of nitrogen functional groups attached to an aromatic ring is 1. The van der Waals surface area contributed by atoms with Gasteiger partial charge in [0.05, 0.1) is 11.5 Å². The number of anilines is 2. The molecule has 2 rings (SSSR count). The number of ether oxygens (including phenoxy) is 1. The molecule has 19 heavy (non-hydrogen) atoms. The number of hydrogen-bond acceptors (Lipinski definition) is 7. The van der Waals surface area contributed by atoms with Crippen LogP contribution in [0.15, 0.2) is 18.2 Å². The lowest BCUT2D eigenvalue weighted by atomic mass is 10.0. The Morgan fingerprint density at radius 3 is 2.84 bits per heavy atom. The van der Waals surface area contributed by atoms with Crippen molar-refractivity contribution in [2.24, 2.45) is 5.84 Å². The van der Waals surface area contributed by atoms with Crippen molar-refractivity contribution >= 4 is 17.1 Å². The second kappa shape index (κ2) is 5.39. The molecule has 1 aromatic carbocycles. The molecule has 8 nitrogen and oxygen atoms in total. The van der Waals surface area contributed by atoms with Crippen molar-refractivity contribution in [2.75, 3.05) is 30.5 Å². The van der Waals surface area contributed by atoms with Gasteiger partial charge in [0, 0.05) is 19.6 Å². The highest BCUT2D eigenvalue weighted by atomic mass is 16.6. The van der Waals surface area contributed by atoms with Crippen molar-refractivity contribution in [3.05, 3.63) is 28.3 Å². The van der Waals surface area contributed by atoms with E-state index in [1.807, 2.05) is 0 Å². The molecule has 8 heteroatoms. The van der Waals surface area contributed by atoms with E-state index in [1.165, 1.54) is 6.07 Å². The zero-order valence-corrected chi connectivity index (χ0v) is 10.3. The number of nitro benzene ring substituents is 1. The minimum atomic E-state index is -0.986. The van der Waals surface area contributed by atoms with Crippen LogP contribution in [-0.2, 0) is 4.74 Å². The molecule has 1 aliphatic rings. The van der Waals surface area contributed by atoms with E-state index in [-0.39, 0.29) is 24.5 Å². The van der Waals surface area contributed by atoms with Crippen molar-refractivity contribution in [2.45, 2.75) is 12.0 Å². The van der Waals surface area contributed by atoms with Crippen molar-refractivity contribution in [3.63, 3.8) is 0 Å². The molecule has 0 saturated carbocycles. The van der Waals surface area contributed by atoms with Crippen LogP contribution in [0.4, 0.5) is 17.1 Å². The Morgan fingerprint density at radius 2 is 2.26 bits per heavy atom. The van der Waals surface area contributed by atoms with Crippen molar-refractivity contribution in [1.29, 1.82) is 0 Å². The molecule has 1 aliphatic heterocycles. The van der Waals surface area contributed by atoms with E-state index in [2.05, 4.69) is 10.7 Å². The van der Waals surface area contributed by atoms with Gasteiger partial charge in [0.1, 0.15) is 17.0 Å². The predicted octanol–water partition coefficient (Wildman–Crippen LogP) is 0.444. The molecule has 0 aliphatic carbocycles. The maximum absolute atomic E-state index is 11.1. The highest BCUT2D eigenvalue weighted by Crippen LogP contribution is 2.32. The Morgan fingerprint density at radius 1 is 1.53 bits per heavy atom. The van der Waals surface area contributed by atoms with Gasteiger partial charge in [-0.3, -0.25) is 16.0 Å². The molecule has 1 unspecified atom stereocenters. The summed E-state index contributed by atoms with van der Waals surface area (Å²) in [4.78, 5) is 10.5. The van der Waals surface area contributed by atoms with Gasteiger partial charge in [0.2, 0.25) is 0 Å². The summed E-state index contributed by atoms with van der Waals surface area (Å²) in [7, 11) is 0. The molecule has 0 amide bonds. The Hall–Kier alpha value is -1.90. The molecule has 1 heterocycles. The van der Waals surface area contributed by atoms with Crippen LogP contribution in [0.2, 0.25) is 0 Å². The minimum absolute atomic E-state index is 0.146. The van der Waals surface area contributed by atoms with E-state index in [1.54, 1.807) is 12.1 Å². The summed E-state index contributed by atoms with van der Waals surface area (Å²) in [5, 5.41) is 24.1. The van der Waals surface area contributed by atoms with E-state index < -0.39 is 10.5 Å². The Labute approximate surface area is 109 Å².